The number of aliphatic hydroxyl groups is 1. The van der Waals surface area contributed by atoms with E-state index in [1.165, 1.54) is 29.7 Å². The van der Waals surface area contributed by atoms with Crippen molar-refractivity contribution < 1.29 is 27.9 Å². The van der Waals surface area contributed by atoms with Gasteiger partial charge in [-0.25, -0.2) is 9.78 Å². The van der Waals surface area contributed by atoms with Crippen molar-refractivity contribution >= 4 is 34.3 Å². The molecule has 4 rings (SSSR count). The van der Waals surface area contributed by atoms with Crippen LogP contribution in [0.4, 0.5) is 18.0 Å². The second-order valence-electron chi connectivity index (χ2n) is 6.99. The average molecular weight is 451 g/mol. The summed E-state index contributed by atoms with van der Waals surface area (Å²) >= 11 is 6.24. The maximum Gasteiger partial charge on any atom is 0.437 e. The molecule has 2 aromatic heterocycles. The van der Waals surface area contributed by atoms with Crippen LogP contribution in [0.5, 0.6) is 0 Å². The molecule has 0 unspecified atom stereocenters. The molecule has 1 aliphatic rings. The summed E-state index contributed by atoms with van der Waals surface area (Å²) < 4.78 is 41.9. The van der Waals surface area contributed by atoms with Crippen LogP contribution < -0.4 is 10.6 Å². The third-order valence-electron chi connectivity index (χ3n) is 5.07. The zero-order valence-corrected chi connectivity index (χ0v) is 16.3. The SMILES string of the molecule is O=C1N[C@@H](c2cc3ccccc3nc2Cl)[C@@H](C(=O)c2cccnc2)[C@](O)(C(F)(F)F)N1. The Morgan fingerprint density at radius 3 is 2.61 bits per heavy atom. The van der Waals surface area contributed by atoms with Gasteiger partial charge in [0.1, 0.15) is 11.1 Å². The number of para-hydroxylation sites is 1. The molecule has 2 amide bonds. The summed E-state index contributed by atoms with van der Waals surface area (Å²) in [6, 6.07) is 7.81. The fourth-order valence-electron chi connectivity index (χ4n) is 3.61. The van der Waals surface area contributed by atoms with E-state index in [4.69, 9.17) is 11.6 Å². The molecular formula is C20H14ClF3N4O3. The zero-order chi connectivity index (χ0) is 22.4. The number of carbonyl (C=O) groups is 2. The van der Waals surface area contributed by atoms with Crippen molar-refractivity contribution in [2.75, 3.05) is 0 Å². The molecule has 0 radical (unpaired) electrons. The molecule has 3 heterocycles. The topological polar surface area (TPSA) is 104 Å². The molecule has 3 aromatic rings. The van der Waals surface area contributed by atoms with Crippen LogP contribution in [0, 0.1) is 5.92 Å². The van der Waals surface area contributed by atoms with E-state index in [9.17, 15) is 27.9 Å². The highest BCUT2D eigenvalue weighted by molar-refractivity contribution is 6.30. The van der Waals surface area contributed by atoms with Gasteiger partial charge in [0.2, 0.25) is 5.72 Å². The number of fused-ring (bicyclic) bond motifs is 1. The molecule has 0 aliphatic carbocycles. The third-order valence-corrected chi connectivity index (χ3v) is 5.38. The molecule has 3 atom stereocenters. The van der Waals surface area contributed by atoms with Gasteiger partial charge < -0.3 is 15.7 Å². The van der Waals surface area contributed by atoms with Crippen LogP contribution in [0.2, 0.25) is 5.15 Å². The Labute approximate surface area is 178 Å². The van der Waals surface area contributed by atoms with Crippen LogP contribution in [-0.4, -0.2) is 38.8 Å². The monoisotopic (exact) mass is 450 g/mol. The normalized spacial score (nSPS) is 23.8. The first-order valence-electron chi connectivity index (χ1n) is 8.99. The molecule has 160 valence electrons. The Morgan fingerprint density at radius 1 is 1.19 bits per heavy atom. The van der Waals surface area contributed by atoms with Crippen molar-refractivity contribution in [1.29, 1.82) is 0 Å². The van der Waals surface area contributed by atoms with E-state index in [0.29, 0.717) is 10.9 Å². The van der Waals surface area contributed by atoms with E-state index in [1.54, 1.807) is 24.3 Å². The molecule has 1 aromatic carbocycles. The highest BCUT2D eigenvalue weighted by Gasteiger charge is 2.66. The minimum atomic E-state index is -5.37. The van der Waals surface area contributed by atoms with Gasteiger partial charge in [0.15, 0.2) is 5.78 Å². The lowest BCUT2D eigenvalue weighted by Gasteiger charge is -2.45. The fraction of sp³-hybridized carbons (Fsp3) is 0.200. The van der Waals surface area contributed by atoms with Crippen molar-refractivity contribution in [2.45, 2.75) is 17.9 Å². The third kappa shape index (κ3) is 3.57. The number of hydrogen-bond donors (Lipinski definition) is 3. The van der Waals surface area contributed by atoms with Crippen molar-refractivity contribution in [1.82, 2.24) is 20.6 Å². The highest BCUT2D eigenvalue weighted by Crippen LogP contribution is 2.45. The number of hydrogen-bond acceptors (Lipinski definition) is 5. The first-order chi connectivity index (χ1) is 14.6. The second-order valence-corrected chi connectivity index (χ2v) is 7.34. The molecular weight excluding hydrogens is 437 g/mol. The molecule has 1 saturated heterocycles. The van der Waals surface area contributed by atoms with E-state index >= 15 is 0 Å². The number of carbonyl (C=O) groups excluding carboxylic acids is 2. The highest BCUT2D eigenvalue weighted by atomic mass is 35.5. The van der Waals surface area contributed by atoms with Gasteiger partial charge in [-0.15, -0.1) is 0 Å². The lowest BCUT2D eigenvalue weighted by molar-refractivity contribution is -0.287. The number of Topliss-reactive ketones (excluding diaryl/α,β-unsaturated/α-hetero) is 1. The average Bonchev–Trinajstić information content (AvgIpc) is 2.72. The molecule has 1 aliphatic heterocycles. The lowest BCUT2D eigenvalue weighted by atomic mass is 9.77. The Kier molecular flexibility index (Phi) is 5.06. The molecule has 7 nitrogen and oxygen atoms in total. The Morgan fingerprint density at radius 2 is 1.94 bits per heavy atom. The summed E-state index contributed by atoms with van der Waals surface area (Å²) in [5, 5.41) is 14.7. The van der Waals surface area contributed by atoms with E-state index in [-0.39, 0.29) is 16.3 Å². The van der Waals surface area contributed by atoms with Crippen LogP contribution >= 0.6 is 11.6 Å². The summed E-state index contributed by atoms with van der Waals surface area (Å²) in [4.78, 5) is 33.2. The first kappa shape index (κ1) is 21.0. The number of ketones is 1. The standard InChI is InChI=1S/C20H14ClF3N4O3/c21-17-12(8-10-4-1-2-6-13(10)26-17)15-14(16(29)11-5-3-7-25-9-11)19(31,20(22,23)24)28-18(30)27-15/h1-9,14-15,31H,(H2,27,28,30)/t14-,15-,19-/m0/s1. The summed E-state index contributed by atoms with van der Waals surface area (Å²) in [5.74, 6) is -3.30. The van der Waals surface area contributed by atoms with Gasteiger partial charge in [0, 0.05) is 28.9 Å². The molecule has 0 spiro atoms. The fourth-order valence-corrected chi connectivity index (χ4v) is 3.88. The lowest BCUT2D eigenvalue weighted by Crippen LogP contribution is -2.72. The Hall–Kier alpha value is -3.24. The molecule has 31 heavy (non-hydrogen) atoms. The van der Waals surface area contributed by atoms with Crippen LogP contribution in [0.25, 0.3) is 10.9 Å². The summed E-state index contributed by atoms with van der Waals surface area (Å²) in [6.07, 6.45) is -2.95. The second kappa shape index (κ2) is 7.47. The summed E-state index contributed by atoms with van der Waals surface area (Å²) in [6.45, 7) is 0. The van der Waals surface area contributed by atoms with E-state index in [2.05, 4.69) is 15.3 Å². The number of nitrogens with zero attached hydrogens (tertiary/aromatic N) is 2. The van der Waals surface area contributed by atoms with Gasteiger partial charge in [-0.3, -0.25) is 9.78 Å². The maximum absolute atomic E-state index is 14.0. The van der Waals surface area contributed by atoms with Gasteiger partial charge in [0.25, 0.3) is 0 Å². The van der Waals surface area contributed by atoms with E-state index < -0.39 is 35.7 Å². The van der Waals surface area contributed by atoms with Crippen molar-refractivity contribution in [3.8, 4) is 0 Å². The van der Waals surface area contributed by atoms with Gasteiger partial charge in [-0.05, 0) is 24.3 Å². The van der Waals surface area contributed by atoms with Gasteiger partial charge in [-0.1, -0.05) is 29.8 Å². The maximum atomic E-state index is 14.0. The largest absolute Gasteiger partial charge is 0.437 e. The minimum Gasteiger partial charge on any atom is -0.363 e. The number of urea groups is 1. The van der Waals surface area contributed by atoms with Gasteiger partial charge >= 0.3 is 12.2 Å². The Balaban J connectivity index is 1.93. The number of amides is 2. The number of rotatable bonds is 3. The number of nitrogens with one attached hydrogen (secondary N) is 2. The van der Waals surface area contributed by atoms with Crippen molar-refractivity contribution in [2.24, 2.45) is 5.92 Å². The van der Waals surface area contributed by atoms with Crippen molar-refractivity contribution in [3.63, 3.8) is 0 Å². The van der Waals surface area contributed by atoms with E-state index in [1.807, 2.05) is 0 Å². The smallest absolute Gasteiger partial charge is 0.363 e. The quantitative estimate of drug-likeness (QED) is 0.419. The number of halogens is 4. The first-order valence-corrected chi connectivity index (χ1v) is 9.37. The molecule has 0 bridgehead atoms. The Bertz CT molecular complexity index is 1180. The molecule has 1 fully saturated rings. The number of benzene rings is 1. The summed E-state index contributed by atoms with van der Waals surface area (Å²) in [5.41, 5.74) is -3.61. The minimum absolute atomic E-state index is 0.0415. The number of aromatic nitrogens is 2. The molecule has 11 heteroatoms. The number of alkyl halides is 3. The van der Waals surface area contributed by atoms with Crippen LogP contribution in [0.1, 0.15) is 22.0 Å². The van der Waals surface area contributed by atoms with E-state index in [0.717, 1.165) is 6.20 Å². The molecule has 0 saturated carbocycles. The van der Waals surface area contributed by atoms with Crippen LogP contribution in [0.15, 0.2) is 54.9 Å². The van der Waals surface area contributed by atoms with Crippen LogP contribution in [0.3, 0.4) is 0 Å². The van der Waals surface area contributed by atoms with Crippen LogP contribution in [-0.2, 0) is 0 Å². The molecule has 3 N–H and O–H groups in total. The predicted octanol–water partition coefficient (Wildman–Crippen LogP) is 3.39. The predicted molar refractivity (Wildman–Crippen MR) is 104 cm³/mol. The van der Waals surface area contributed by atoms with Gasteiger partial charge in [-0.2, -0.15) is 13.2 Å². The van der Waals surface area contributed by atoms with Crippen molar-refractivity contribution in [3.05, 3.63) is 71.1 Å². The number of pyridine rings is 2. The summed E-state index contributed by atoms with van der Waals surface area (Å²) in [7, 11) is 0. The zero-order valence-electron chi connectivity index (χ0n) is 15.5. The van der Waals surface area contributed by atoms with Gasteiger partial charge in [0.05, 0.1) is 11.6 Å².